The third-order valence-corrected chi connectivity index (χ3v) is 5.08. The number of sulfone groups is 1. The number of hydrogen-bond acceptors (Lipinski definition) is 3. The van der Waals surface area contributed by atoms with Gasteiger partial charge in [-0.3, -0.25) is 4.90 Å². The monoisotopic (exact) mass is 273 g/mol. The lowest BCUT2D eigenvalue weighted by atomic mass is 10.3. The molecule has 1 aliphatic heterocycles. The molecule has 98 valence electrons. The maximum Gasteiger partial charge on any atom is 0.408 e. The molecule has 0 aliphatic carbocycles. The molecule has 1 saturated heterocycles. The Hall–Kier alpha value is -1.63. The van der Waals surface area contributed by atoms with Gasteiger partial charge >= 0.3 is 6.09 Å². The highest BCUT2D eigenvalue weighted by molar-refractivity contribution is 7.92. The molecule has 2 rings (SSSR count). The average molecular weight is 273 g/mol. The van der Waals surface area contributed by atoms with Gasteiger partial charge in [-0.2, -0.15) is 0 Å². The van der Waals surface area contributed by atoms with Gasteiger partial charge in [0.15, 0.2) is 9.84 Å². The van der Waals surface area contributed by atoms with E-state index in [4.69, 9.17) is 5.11 Å². The molecule has 0 bridgehead atoms. The minimum Gasteiger partial charge on any atom is -0.465 e. The van der Waals surface area contributed by atoms with Gasteiger partial charge in [-0.1, -0.05) is 0 Å². The van der Waals surface area contributed by atoms with Crippen LogP contribution in [0, 0.1) is 5.82 Å². The Kier molecular flexibility index (Phi) is 3.25. The van der Waals surface area contributed by atoms with Crippen molar-refractivity contribution in [1.82, 2.24) is 4.90 Å². The summed E-state index contributed by atoms with van der Waals surface area (Å²) in [5.74, 6) is -0.532. The molecule has 1 N–H and O–H groups in total. The van der Waals surface area contributed by atoms with Crippen LogP contribution in [0.15, 0.2) is 29.2 Å². The smallest absolute Gasteiger partial charge is 0.408 e. The van der Waals surface area contributed by atoms with Crippen LogP contribution in [0.4, 0.5) is 9.18 Å². The van der Waals surface area contributed by atoms with Gasteiger partial charge in [0.05, 0.1) is 4.90 Å². The zero-order chi connectivity index (χ0) is 13.3. The van der Waals surface area contributed by atoms with Gasteiger partial charge in [-0.25, -0.2) is 17.6 Å². The van der Waals surface area contributed by atoms with Gasteiger partial charge < -0.3 is 5.11 Å². The first kappa shape index (κ1) is 12.8. The number of carboxylic acid groups (broad SMARTS) is 1. The molecule has 0 saturated carbocycles. The van der Waals surface area contributed by atoms with Gasteiger partial charge in [0.1, 0.15) is 11.2 Å². The maximum absolute atomic E-state index is 12.8. The summed E-state index contributed by atoms with van der Waals surface area (Å²) in [6.45, 7) is 0.209. The molecule has 18 heavy (non-hydrogen) atoms. The second-order valence-electron chi connectivity index (χ2n) is 4.07. The van der Waals surface area contributed by atoms with Gasteiger partial charge in [0.2, 0.25) is 0 Å². The highest BCUT2D eigenvalue weighted by Crippen LogP contribution is 2.27. The number of benzene rings is 1. The van der Waals surface area contributed by atoms with Crippen LogP contribution in [0.1, 0.15) is 12.8 Å². The van der Waals surface area contributed by atoms with Crippen LogP contribution in [0.3, 0.4) is 0 Å². The predicted molar refractivity (Wildman–Crippen MR) is 61.3 cm³/mol. The van der Waals surface area contributed by atoms with Crippen molar-refractivity contribution >= 4 is 15.9 Å². The lowest BCUT2D eigenvalue weighted by Gasteiger charge is -2.21. The first-order chi connectivity index (χ1) is 8.43. The van der Waals surface area contributed by atoms with Crippen molar-refractivity contribution in [2.75, 3.05) is 6.54 Å². The summed E-state index contributed by atoms with van der Waals surface area (Å²) in [6.07, 6.45) is -0.466. The quantitative estimate of drug-likeness (QED) is 0.832. The summed E-state index contributed by atoms with van der Waals surface area (Å²) < 4.78 is 37.2. The van der Waals surface area contributed by atoms with Crippen LogP contribution < -0.4 is 0 Å². The van der Waals surface area contributed by atoms with Gasteiger partial charge in [0.25, 0.3) is 0 Å². The lowest BCUT2D eigenvalue weighted by molar-refractivity contribution is 0.150. The molecule has 7 heteroatoms. The maximum atomic E-state index is 12.8. The summed E-state index contributed by atoms with van der Waals surface area (Å²) in [5, 5.41) is 7.87. The average Bonchev–Trinajstić information content (AvgIpc) is 2.79. The standard InChI is InChI=1S/C11H12FNO4S/c12-8-3-5-9(6-4-8)18(16,17)10-2-1-7-13(10)11(14)15/h3-6,10H,1-2,7H2,(H,14,15). The van der Waals surface area contributed by atoms with Crippen LogP contribution in [-0.2, 0) is 9.84 Å². The third-order valence-electron chi connectivity index (χ3n) is 2.94. The van der Waals surface area contributed by atoms with Crippen molar-refractivity contribution in [1.29, 1.82) is 0 Å². The second kappa shape index (κ2) is 4.56. The fourth-order valence-electron chi connectivity index (χ4n) is 2.06. The highest BCUT2D eigenvalue weighted by Gasteiger charge is 2.39. The number of likely N-dealkylation sites (tertiary alicyclic amines) is 1. The largest absolute Gasteiger partial charge is 0.465 e. The first-order valence-electron chi connectivity index (χ1n) is 5.42. The molecule has 1 aromatic rings. The van der Waals surface area contributed by atoms with Crippen LogP contribution in [0.25, 0.3) is 0 Å². The van der Waals surface area contributed by atoms with Crippen molar-refractivity contribution in [3.8, 4) is 0 Å². The lowest BCUT2D eigenvalue weighted by Crippen LogP contribution is -2.39. The number of rotatable bonds is 2. The van der Waals surface area contributed by atoms with E-state index in [1.165, 1.54) is 0 Å². The molecule has 1 amide bonds. The summed E-state index contributed by atoms with van der Waals surface area (Å²) in [4.78, 5) is 11.8. The van der Waals surface area contributed by atoms with E-state index in [9.17, 15) is 17.6 Å². The van der Waals surface area contributed by atoms with Crippen LogP contribution >= 0.6 is 0 Å². The Balaban J connectivity index is 2.36. The minimum atomic E-state index is -3.77. The molecule has 1 atom stereocenters. The fourth-order valence-corrected chi connectivity index (χ4v) is 3.90. The zero-order valence-corrected chi connectivity index (χ0v) is 10.2. The molecule has 1 aromatic carbocycles. The first-order valence-corrected chi connectivity index (χ1v) is 6.96. The van der Waals surface area contributed by atoms with E-state index < -0.39 is 27.1 Å². The summed E-state index contributed by atoms with van der Waals surface area (Å²) >= 11 is 0. The van der Waals surface area contributed by atoms with E-state index in [1.807, 2.05) is 0 Å². The molecule has 1 fully saturated rings. The fraction of sp³-hybridized carbons (Fsp3) is 0.364. The molecule has 0 aromatic heterocycles. The van der Waals surface area contributed by atoms with Crippen molar-refractivity contribution in [2.24, 2.45) is 0 Å². The van der Waals surface area contributed by atoms with E-state index in [0.29, 0.717) is 6.42 Å². The Morgan fingerprint density at radius 1 is 1.33 bits per heavy atom. The SMILES string of the molecule is O=C(O)N1CCCC1S(=O)(=O)c1ccc(F)cc1. The van der Waals surface area contributed by atoms with E-state index in [2.05, 4.69) is 0 Å². The molecule has 1 unspecified atom stereocenters. The van der Waals surface area contributed by atoms with E-state index in [-0.39, 0.29) is 17.9 Å². The van der Waals surface area contributed by atoms with Gasteiger partial charge in [-0.15, -0.1) is 0 Å². The number of halogens is 1. The van der Waals surface area contributed by atoms with Crippen molar-refractivity contribution < 1.29 is 22.7 Å². The Morgan fingerprint density at radius 2 is 1.94 bits per heavy atom. The third kappa shape index (κ3) is 2.17. The Labute approximate surface area is 104 Å². The predicted octanol–water partition coefficient (Wildman–Crippen LogP) is 1.70. The van der Waals surface area contributed by atoms with E-state index in [1.54, 1.807) is 0 Å². The molecular formula is C11H12FNO4S. The number of carbonyl (C=O) groups is 1. The Bertz CT molecular complexity index is 555. The van der Waals surface area contributed by atoms with Crippen LogP contribution in [0.5, 0.6) is 0 Å². The molecule has 1 heterocycles. The molecule has 0 radical (unpaired) electrons. The molecule has 0 spiro atoms. The highest BCUT2D eigenvalue weighted by atomic mass is 32.2. The summed E-state index contributed by atoms with van der Waals surface area (Å²) in [5.41, 5.74) is 0. The molecule has 5 nitrogen and oxygen atoms in total. The summed E-state index contributed by atoms with van der Waals surface area (Å²) in [6, 6.07) is 4.41. The topological polar surface area (TPSA) is 74.7 Å². The van der Waals surface area contributed by atoms with Gasteiger partial charge in [-0.05, 0) is 37.1 Å². The minimum absolute atomic E-state index is 0.0537. The van der Waals surface area contributed by atoms with E-state index >= 15 is 0 Å². The Morgan fingerprint density at radius 3 is 2.50 bits per heavy atom. The number of hydrogen-bond donors (Lipinski definition) is 1. The van der Waals surface area contributed by atoms with Crippen LogP contribution in [0.2, 0.25) is 0 Å². The van der Waals surface area contributed by atoms with Crippen molar-refractivity contribution in [3.05, 3.63) is 30.1 Å². The second-order valence-corrected chi connectivity index (χ2v) is 6.18. The molecular weight excluding hydrogens is 261 g/mol. The zero-order valence-electron chi connectivity index (χ0n) is 9.41. The number of nitrogens with zero attached hydrogens (tertiary/aromatic N) is 1. The summed E-state index contributed by atoms with van der Waals surface area (Å²) in [7, 11) is -3.77. The number of amides is 1. The van der Waals surface area contributed by atoms with Crippen molar-refractivity contribution in [2.45, 2.75) is 23.1 Å². The van der Waals surface area contributed by atoms with Crippen LogP contribution in [-0.4, -0.2) is 36.4 Å². The van der Waals surface area contributed by atoms with E-state index in [0.717, 1.165) is 29.2 Å². The normalized spacial score (nSPS) is 20.1. The van der Waals surface area contributed by atoms with Gasteiger partial charge in [0, 0.05) is 6.54 Å². The van der Waals surface area contributed by atoms with Crippen molar-refractivity contribution in [3.63, 3.8) is 0 Å². The molecule has 1 aliphatic rings.